The van der Waals surface area contributed by atoms with Crippen LogP contribution in [-0.4, -0.2) is 12.7 Å². The van der Waals surface area contributed by atoms with E-state index in [1.54, 1.807) is 0 Å². The van der Waals surface area contributed by atoms with E-state index in [9.17, 15) is 4.39 Å². The second-order valence-electron chi connectivity index (χ2n) is 8.95. The van der Waals surface area contributed by atoms with E-state index in [2.05, 4.69) is 19.6 Å². The highest BCUT2D eigenvalue weighted by molar-refractivity contribution is 5.33. The van der Waals surface area contributed by atoms with E-state index in [-0.39, 0.29) is 5.82 Å². The number of benzene rings is 1. The molecule has 0 aromatic heterocycles. The first-order chi connectivity index (χ1) is 13.1. The van der Waals surface area contributed by atoms with Crippen LogP contribution < -0.4 is 0 Å². The highest BCUT2D eigenvalue weighted by atomic mass is 19.1. The molecule has 0 bridgehead atoms. The van der Waals surface area contributed by atoms with Gasteiger partial charge in [-0.3, -0.25) is 0 Å². The molecule has 27 heavy (non-hydrogen) atoms. The third-order valence-corrected chi connectivity index (χ3v) is 7.12. The van der Waals surface area contributed by atoms with Crippen LogP contribution in [-0.2, 0) is 17.6 Å². The quantitative estimate of drug-likeness (QED) is 0.478. The van der Waals surface area contributed by atoms with Crippen LogP contribution in [0.4, 0.5) is 4.39 Å². The van der Waals surface area contributed by atoms with Gasteiger partial charge >= 0.3 is 0 Å². The van der Waals surface area contributed by atoms with Crippen molar-refractivity contribution in [2.24, 2.45) is 17.8 Å². The molecule has 1 aromatic rings. The fourth-order valence-corrected chi connectivity index (χ4v) is 5.09. The Labute approximate surface area is 165 Å². The molecule has 0 radical (unpaired) electrons. The molecular formula is C25H37FO. The lowest BCUT2D eigenvalue weighted by molar-refractivity contribution is -0.0297. The van der Waals surface area contributed by atoms with Crippen LogP contribution in [0, 0.1) is 30.5 Å². The molecule has 1 aliphatic heterocycles. The Morgan fingerprint density at radius 1 is 1.04 bits per heavy atom. The largest absolute Gasteiger partial charge is 0.378 e. The van der Waals surface area contributed by atoms with Crippen LogP contribution in [0.1, 0.15) is 75.0 Å². The van der Waals surface area contributed by atoms with E-state index in [4.69, 9.17) is 4.74 Å². The van der Waals surface area contributed by atoms with Crippen LogP contribution in [0.3, 0.4) is 0 Å². The molecular weight excluding hydrogens is 335 g/mol. The topological polar surface area (TPSA) is 9.23 Å². The molecule has 0 N–H and O–H groups in total. The van der Waals surface area contributed by atoms with E-state index >= 15 is 0 Å². The Bertz CT molecular complexity index is 607. The molecule has 1 heterocycles. The number of hydrogen-bond donors (Lipinski definition) is 0. The fraction of sp³-hybridized carbons (Fsp3) is 0.680. The first kappa shape index (κ1) is 20.6. The SMILES string of the molecule is C=CCCc1ccc(CCC2CCC(C3CCC(C)OC3)CC2)c(C)c1F. The molecule has 1 aliphatic carbocycles. The van der Waals surface area contributed by atoms with Crippen LogP contribution >= 0.6 is 0 Å². The Kier molecular flexibility index (Phi) is 7.52. The van der Waals surface area contributed by atoms with Crippen molar-refractivity contribution in [3.05, 3.63) is 47.3 Å². The van der Waals surface area contributed by atoms with Crippen molar-refractivity contribution in [2.45, 2.75) is 84.2 Å². The lowest BCUT2D eigenvalue weighted by Crippen LogP contribution is -2.31. The third-order valence-electron chi connectivity index (χ3n) is 7.12. The van der Waals surface area contributed by atoms with E-state index in [0.29, 0.717) is 6.10 Å². The van der Waals surface area contributed by atoms with Crippen LogP contribution in [0.2, 0.25) is 0 Å². The molecule has 3 rings (SSSR count). The first-order valence-electron chi connectivity index (χ1n) is 11.1. The average molecular weight is 373 g/mol. The minimum atomic E-state index is 0.00425. The van der Waals surface area contributed by atoms with Gasteiger partial charge in [0, 0.05) is 0 Å². The summed E-state index contributed by atoms with van der Waals surface area (Å²) < 4.78 is 20.5. The molecule has 0 amide bonds. The summed E-state index contributed by atoms with van der Waals surface area (Å²) in [5.41, 5.74) is 2.89. The van der Waals surface area contributed by atoms with Crippen LogP contribution in [0.5, 0.6) is 0 Å². The first-order valence-corrected chi connectivity index (χ1v) is 11.1. The summed E-state index contributed by atoms with van der Waals surface area (Å²) >= 11 is 0. The Morgan fingerprint density at radius 3 is 2.41 bits per heavy atom. The van der Waals surface area contributed by atoms with Crippen LogP contribution in [0.15, 0.2) is 24.8 Å². The zero-order chi connectivity index (χ0) is 19.2. The van der Waals surface area contributed by atoms with Gasteiger partial charge in [0.15, 0.2) is 0 Å². The second kappa shape index (κ2) is 9.87. The van der Waals surface area contributed by atoms with E-state index < -0.39 is 0 Å². The minimum absolute atomic E-state index is 0.00425. The van der Waals surface area contributed by atoms with Gasteiger partial charge in [0.25, 0.3) is 0 Å². The zero-order valence-corrected chi connectivity index (χ0v) is 17.3. The molecule has 0 spiro atoms. The van der Waals surface area contributed by atoms with Crippen molar-refractivity contribution < 1.29 is 9.13 Å². The van der Waals surface area contributed by atoms with Gasteiger partial charge in [-0.25, -0.2) is 4.39 Å². The standard InChI is InChI=1S/C25H37FO/c1-4-5-6-23-16-15-21(19(3)25(23)26)12-8-20-9-13-22(14-10-20)24-11-7-18(2)27-17-24/h4,15-16,18,20,22,24H,1,5-14,17H2,2-3H3. The second-order valence-corrected chi connectivity index (χ2v) is 8.95. The van der Waals surface area contributed by atoms with Gasteiger partial charge < -0.3 is 4.74 Å². The number of halogens is 1. The van der Waals surface area contributed by atoms with Gasteiger partial charge in [0.1, 0.15) is 5.82 Å². The maximum atomic E-state index is 14.6. The van der Waals surface area contributed by atoms with Gasteiger partial charge in [-0.1, -0.05) is 31.1 Å². The summed E-state index contributed by atoms with van der Waals surface area (Å²) in [4.78, 5) is 0. The molecule has 1 nitrogen and oxygen atoms in total. The molecule has 2 aliphatic rings. The summed E-state index contributed by atoms with van der Waals surface area (Å²) in [7, 11) is 0. The maximum absolute atomic E-state index is 14.6. The highest BCUT2D eigenvalue weighted by Crippen LogP contribution is 2.39. The molecule has 1 saturated carbocycles. The Morgan fingerprint density at radius 2 is 1.74 bits per heavy atom. The number of allylic oxidation sites excluding steroid dienone is 1. The maximum Gasteiger partial charge on any atom is 0.129 e. The monoisotopic (exact) mass is 372 g/mol. The molecule has 150 valence electrons. The highest BCUT2D eigenvalue weighted by Gasteiger charge is 2.30. The predicted octanol–water partition coefficient (Wildman–Crippen LogP) is 6.81. The summed E-state index contributed by atoms with van der Waals surface area (Å²) in [6, 6.07) is 4.14. The smallest absolute Gasteiger partial charge is 0.129 e. The fourth-order valence-electron chi connectivity index (χ4n) is 5.09. The van der Waals surface area contributed by atoms with Gasteiger partial charge in [-0.15, -0.1) is 6.58 Å². The molecule has 2 atom stereocenters. The van der Waals surface area contributed by atoms with Gasteiger partial charge in [-0.05, 0) is 99.7 Å². The summed E-state index contributed by atoms with van der Waals surface area (Å²) in [5, 5.41) is 0. The minimum Gasteiger partial charge on any atom is -0.378 e. The number of rotatable bonds is 7. The average Bonchev–Trinajstić information content (AvgIpc) is 2.69. The summed E-state index contributed by atoms with van der Waals surface area (Å²) in [6.07, 6.45) is 14.1. The van der Waals surface area contributed by atoms with Gasteiger partial charge in [0.2, 0.25) is 0 Å². The third kappa shape index (κ3) is 5.44. The van der Waals surface area contributed by atoms with Crippen LogP contribution in [0.25, 0.3) is 0 Å². The number of hydrogen-bond acceptors (Lipinski definition) is 1. The molecule has 2 unspecified atom stereocenters. The van der Waals surface area contributed by atoms with E-state index in [1.807, 2.05) is 19.1 Å². The summed E-state index contributed by atoms with van der Waals surface area (Å²) in [6.45, 7) is 8.86. The predicted molar refractivity (Wildman–Crippen MR) is 112 cm³/mol. The molecule has 2 fully saturated rings. The van der Waals surface area contributed by atoms with E-state index in [0.717, 1.165) is 54.7 Å². The van der Waals surface area contributed by atoms with Gasteiger partial charge in [-0.2, -0.15) is 0 Å². The van der Waals surface area contributed by atoms with Gasteiger partial charge in [0.05, 0.1) is 12.7 Å². The Balaban J connectivity index is 1.46. The number of aryl methyl sites for hydroxylation is 2. The molecule has 2 heteroatoms. The van der Waals surface area contributed by atoms with Crippen molar-refractivity contribution in [2.75, 3.05) is 6.61 Å². The molecule has 1 saturated heterocycles. The Hall–Kier alpha value is -1.15. The number of ether oxygens (including phenoxy) is 1. The van der Waals surface area contributed by atoms with Crippen molar-refractivity contribution in [1.82, 2.24) is 0 Å². The molecule has 1 aromatic carbocycles. The lowest BCUT2D eigenvalue weighted by atomic mass is 9.72. The van der Waals surface area contributed by atoms with Crippen molar-refractivity contribution in [3.63, 3.8) is 0 Å². The van der Waals surface area contributed by atoms with Crippen molar-refractivity contribution in [1.29, 1.82) is 0 Å². The van der Waals surface area contributed by atoms with Crippen molar-refractivity contribution in [3.8, 4) is 0 Å². The van der Waals surface area contributed by atoms with E-state index in [1.165, 1.54) is 50.5 Å². The lowest BCUT2D eigenvalue weighted by Gasteiger charge is -2.37. The summed E-state index contributed by atoms with van der Waals surface area (Å²) in [5.74, 6) is 2.48. The normalized spacial score (nSPS) is 28.9. The van der Waals surface area contributed by atoms with Crippen molar-refractivity contribution >= 4 is 0 Å². The zero-order valence-electron chi connectivity index (χ0n) is 17.3.